The van der Waals surface area contributed by atoms with Crippen LogP contribution in [0.15, 0.2) is 24.3 Å². The molecule has 16 heavy (non-hydrogen) atoms. The first-order chi connectivity index (χ1) is 7.53. The van der Waals surface area contributed by atoms with Gasteiger partial charge in [0.05, 0.1) is 6.61 Å². The average Bonchev–Trinajstić information content (AvgIpc) is 2.19. The summed E-state index contributed by atoms with van der Waals surface area (Å²) >= 11 is 0. The minimum atomic E-state index is 0.322. The summed E-state index contributed by atoms with van der Waals surface area (Å²) in [5.74, 6) is 0.984. The first-order valence-electron chi connectivity index (χ1n) is 5.94. The van der Waals surface area contributed by atoms with Gasteiger partial charge in [0.2, 0.25) is 0 Å². The second-order valence-corrected chi connectivity index (χ2v) is 5.31. The molecule has 0 bridgehead atoms. The summed E-state index contributed by atoms with van der Waals surface area (Å²) in [6.45, 7) is 8.11. The summed E-state index contributed by atoms with van der Waals surface area (Å²) in [6.07, 6.45) is 1.94. The maximum atomic E-state index is 5.81. The van der Waals surface area contributed by atoms with Crippen molar-refractivity contribution in [1.82, 2.24) is 0 Å². The third-order valence-electron chi connectivity index (χ3n) is 2.50. The van der Waals surface area contributed by atoms with E-state index < -0.39 is 0 Å². The molecule has 0 aromatic heterocycles. The van der Waals surface area contributed by atoms with Crippen molar-refractivity contribution >= 4 is 0 Å². The molecule has 0 aliphatic heterocycles. The van der Waals surface area contributed by atoms with Crippen LogP contribution in [0, 0.1) is 5.41 Å². The van der Waals surface area contributed by atoms with Gasteiger partial charge in [-0.25, -0.2) is 0 Å². The lowest BCUT2D eigenvalue weighted by molar-refractivity contribution is 0.241. The Balaban J connectivity index is 2.52. The second kappa shape index (κ2) is 5.90. The Morgan fingerprint density at radius 3 is 2.50 bits per heavy atom. The summed E-state index contributed by atoms with van der Waals surface area (Å²) in [7, 11) is 0. The van der Waals surface area contributed by atoms with Crippen molar-refractivity contribution in [3.05, 3.63) is 29.8 Å². The first kappa shape index (κ1) is 13.0. The van der Waals surface area contributed by atoms with E-state index in [4.69, 9.17) is 10.5 Å². The lowest BCUT2D eigenvalue weighted by Gasteiger charge is -2.19. The molecule has 0 aliphatic rings. The van der Waals surface area contributed by atoms with Crippen LogP contribution in [-0.2, 0) is 6.42 Å². The summed E-state index contributed by atoms with van der Waals surface area (Å²) in [5, 5.41) is 0. The molecule has 0 saturated carbocycles. The molecular weight excluding hydrogens is 198 g/mol. The number of hydrogen-bond acceptors (Lipinski definition) is 2. The molecule has 0 radical (unpaired) electrons. The minimum Gasteiger partial charge on any atom is -0.493 e. The molecule has 0 unspecified atom stereocenters. The largest absolute Gasteiger partial charge is 0.493 e. The van der Waals surface area contributed by atoms with Crippen molar-refractivity contribution in [2.45, 2.75) is 33.6 Å². The maximum Gasteiger partial charge on any atom is 0.122 e. The van der Waals surface area contributed by atoms with E-state index in [1.54, 1.807) is 0 Å². The van der Waals surface area contributed by atoms with Crippen molar-refractivity contribution in [2.75, 3.05) is 13.2 Å². The smallest absolute Gasteiger partial charge is 0.122 e. The highest BCUT2D eigenvalue weighted by atomic mass is 16.5. The zero-order chi connectivity index (χ0) is 12.0. The van der Waals surface area contributed by atoms with Gasteiger partial charge < -0.3 is 10.5 Å². The van der Waals surface area contributed by atoms with Gasteiger partial charge in [0, 0.05) is 0 Å². The van der Waals surface area contributed by atoms with E-state index in [9.17, 15) is 0 Å². The molecule has 2 nitrogen and oxygen atoms in total. The number of ether oxygens (including phenoxy) is 1. The molecule has 0 heterocycles. The normalized spacial score (nSPS) is 11.5. The molecule has 90 valence electrons. The highest BCUT2D eigenvalue weighted by Crippen LogP contribution is 2.22. The zero-order valence-electron chi connectivity index (χ0n) is 10.6. The third kappa shape index (κ3) is 4.67. The van der Waals surface area contributed by atoms with Crippen molar-refractivity contribution in [3.8, 4) is 5.75 Å². The Labute approximate surface area is 98.8 Å². The maximum absolute atomic E-state index is 5.81. The van der Waals surface area contributed by atoms with Crippen LogP contribution in [0.2, 0.25) is 0 Å². The molecule has 2 heteroatoms. The van der Waals surface area contributed by atoms with E-state index in [0.29, 0.717) is 12.0 Å². The minimum absolute atomic E-state index is 0.322. The van der Waals surface area contributed by atoms with E-state index in [1.165, 1.54) is 5.56 Å². The molecule has 0 atom stereocenters. The Bertz CT molecular complexity index is 315. The Morgan fingerprint density at radius 2 is 1.88 bits per heavy atom. The second-order valence-electron chi connectivity index (χ2n) is 5.31. The van der Waals surface area contributed by atoms with Crippen LogP contribution in [0.3, 0.4) is 0 Å². The molecular formula is C14H23NO. The van der Waals surface area contributed by atoms with Crippen molar-refractivity contribution < 1.29 is 4.74 Å². The number of hydrogen-bond donors (Lipinski definition) is 1. The molecule has 1 aromatic rings. The average molecular weight is 221 g/mol. The molecule has 0 spiro atoms. The number of rotatable bonds is 5. The predicted octanol–water partition coefficient (Wildman–Crippen LogP) is 3.00. The van der Waals surface area contributed by atoms with Gasteiger partial charge in [0.25, 0.3) is 0 Å². The van der Waals surface area contributed by atoms with Crippen LogP contribution in [-0.4, -0.2) is 13.2 Å². The zero-order valence-corrected chi connectivity index (χ0v) is 10.6. The van der Waals surface area contributed by atoms with Crippen LogP contribution < -0.4 is 10.5 Å². The fraction of sp³-hybridized carbons (Fsp3) is 0.571. The van der Waals surface area contributed by atoms with E-state index in [-0.39, 0.29) is 0 Å². The lowest BCUT2D eigenvalue weighted by Crippen LogP contribution is -2.12. The highest BCUT2D eigenvalue weighted by Gasteiger charge is 2.10. The highest BCUT2D eigenvalue weighted by molar-refractivity contribution is 5.33. The molecule has 0 amide bonds. The van der Waals surface area contributed by atoms with Gasteiger partial charge in [-0.1, -0.05) is 39.0 Å². The van der Waals surface area contributed by atoms with E-state index in [1.807, 2.05) is 18.2 Å². The van der Waals surface area contributed by atoms with Crippen molar-refractivity contribution in [2.24, 2.45) is 11.1 Å². The molecule has 2 N–H and O–H groups in total. The fourth-order valence-electron chi connectivity index (χ4n) is 1.47. The molecule has 0 fully saturated rings. The molecule has 1 aromatic carbocycles. The monoisotopic (exact) mass is 221 g/mol. The summed E-state index contributed by atoms with van der Waals surface area (Å²) in [5.41, 5.74) is 7.10. The van der Waals surface area contributed by atoms with E-state index in [0.717, 1.165) is 25.2 Å². The third-order valence-corrected chi connectivity index (χ3v) is 2.50. The number of benzene rings is 1. The Kier molecular flexibility index (Phi) is 4.81. The Morgan fingerprint density at radius 1 is 1.19 bits per heavy atom. The van der Waals surface area contributed by atoms with Gasteiger partial charge in [-0.05, 0) is 36.4 Å². The van der Waals surface area contributed by atoms with Gasteiger partial charge in [0.1, 0.15) is 5.75 Å². The quantitative estimate of drug-likeness (QED) is 0.829. The van der Waals surface area contributed by atoms with Crippen molar-refractivity contribution in [3.63, 3.8) is 0 Å². The van der Waals surface area contributed by atoms with Crippen LogP contribution >= 0.6 is 0 Å². The van der Waals surface area contributed by atoms with Gasteiger partial charge in [-0.3, -0.25) is 0 Å². The first-order valence-corrected chi connectivity index (χ1v) is 5.94. The summed E-state index contributed by atoms with van der Waals surface area (Å²) in [4.78, 5) is 0. The van der Waals surface area contributed by atoms with E-state index in [2.05, 4.69) is 26.8 Å². The SMILES string of the molecule is CC(C)(C)CCOc1ccccc1CCN. The number of para-hydroxylation sites is 1. The molecule has 1 rings (SSSR count). The van der Waals surface area contributed by atoms with Crippen LogP contribution in [0.25, 0.3) is 0 Å². The van der Waals surface area contributed by atoms with E-state index >= 15 is 0 Å². The Hall–Kier alpha value is -1.02. The van der Waals surface area contributed by atoms with Crippen LogP contribution in [0.5, 0.6) is 5.75 Å². The van der Waals surface area contributed by atoms with Gasteiger partial charge in [0.15, 0.2) is 0 Å². The standard InChI is InChI=1S/C14H23NO/c1-14(2,3)9-11-16-13-7-5-4-6-12(13)8-10-15/h4-7H,8-11,15H2,1-3H3. The van der Waals surface area contributed by atoms with Crippen molar-refractivity contribution in [1.29, 1.82) is 0 Å². The van der Waals surface area contributed by atoms with Gasteiger partial charge in [-0.2, -0.15) is 0 Å². The van der Waals surface area contributed by atoms with Gasteiger partial charge in [-0.15, -0.1) is 0 Å². The summed E-state index contributed by atoms with van der Waals surface area (Å²) < 4.78 is 5.81. The molecule has 0 saturated heterocycles. The lowest BCUT2D eigenvalue weighted by atomic mass is 9.93. The van der Waals surface area contributed by atoms with Crippen LogP contribution in [0.1, 0.15) is 32.8 Å². The van der Waals surface area contributed by atoms with Crippen LogP contribution in [0.4, 0.5) is 0 Å². The molecule has 0 aliphatic carbocycles. The number of nitrogens with two attached hydrogens (primary N) is 1. The predicted molar refractivity (Wildman–Crippen MR) is 68.8 cm³/mol. The summed E-state index contributed by atoms with van der Waals surface area (Å²) in [6, 6.07) is 8.14. The van der Waals surface area contributed by atoms with Gasteiger partial charge >= 0.3 is 0 Å². The topological polar surface area (TPSA) is 35.2 Å². The fourth-order valence-corrected chi connectivity index (χ4v) is 1.47.